The molecule has 0 bridgehead atoms. The second-order valence-corrected chi connectivity index (χ2v) is 4.36. The van der Waals surface area contributed by atoms with Crippen molar-refractivity contribution in [2.75, 3.05) is 5.73 Å². The molecule has 0 aromatic carbocycles. The normalized spacial score (nSPS) is 18.2. The summed E-state index contributed by atoms with van der Waals surface area (Å²) in [6.07, 6.45) is 11.3. The lowest BCUT2D eigenvalue weighted by Gasteiger charge is -2.14. The zero-order chi connectivity index (χ0) is 11.2. The molecule has 4 heteroatoms. The smallest absolute Gasteiger partial charge is 0.141 e. The molecule has 0 amide bonds. The molecule has 16 heavy (non-hydrogen) atoms. The Labute approximate surface area is 96.2 Å². The monoisotopic (exact) mass is 221 g/mol. The third kappa shape index (κ3) is 3.45. The van der Waals surface area contributed by atoms with E-state index in [0.29, 0.717) is 18.5 Å². The number of aromatic nitrogens is 2. The molecule has 0 atom stereocenters. The number of nitrogens with two attached hydrogens (primary N) is 1. The number of ether oxygens (including phenoxy) is 1. The molecule has 2 rings (SSSR count). The van der Waals surface area contributed by atoms with Crippen LogP contribution >= 0.6 is 0 Å². The summed E-state index contributed by atoms with van der Waals surface area (Å²) in [5.74, 6) is 0.457. The van der Waals surface area contributed by atoms with Crippen molar-refractivity contribution < 1.29 is 4.74 Å². The first kappa shape index (κ1) is 11.3. The summed E-state index contributed by atoms with van der Waals surface area (Å²) in [5.41, 5.74) is 6.33. The van der Waals surface area contributed by atoms with Crippen molar-refractivity contribution in [1.82, 2.24) is 9.97 Å². The fraction of sp³-hybridized carbons (Fsp3) is 0.667. The topological polar surface area (TPSA) is 61.0 Å². The van der Waals surface area contributed by atoms with E-state index in [9.17, 15) is 0 Å². The Kier molecular flexibility index (Phi) is 4.10. The zero-order valence-corrected chi connectivity index (χ0v) is 9.56. The predicted octanol–water partition coefficient (Wildman–Crippen LogP) is 2.30. The Bertz CT molecular complexity index is 305. The van der Waals surface area contributed by atoms with Crippen molar-refractivity contribution in [3.63, 3.8) is 0 Å². The van der Waals surface area contributed by atoms with Gasteiger partial charge in [-0.1, -0.05) is 25.7 Å². The van der Waals surface area contributed by atoms with Gasteiger partial charge in [-0.3, -0.25) is 4.98 Å². The Morgan fingerprint density at radius 2 is 1.88 bits per heavy atom. The van der Waals surface area contributed by atoms with Crippen LogP contribution in [0.3, 0.4) is 0 Å². The molecule has 4 nitrogen and oxygen atoms in total. The molecular formula is C12H19N3O. The van der Waals surface area contributed by atoms with E-state index in [2.05, 4.69) is 9.97 Å². The first-order chi connectivity index (χ1) is 7.84. The molecule has 1 fully saturated rings. The Balaban J connectivity index is 1.79. The molecule has 0 unspecified atom stereocenters. The van der Waals surface area contributed by atoms with Crippen LogP contribution < -0.4 is 5.73 Å². The van der Waals surface area contributed by atoms with Crippen molar-refractivity contribution >= 4 is 5.82 Å². The minimum atomic E-state index is 0.404. The molecule has 1 aliphatic rings. The van der Waals surface area contributed by atoms with Gasteiger partial charge in [-0.05, 0) is 12.8 Å². The van der Waals surface area contributed by atoms with Crippen molar-refractivity contribution in [3.05, 3.63) is 18.1 Å². The largest absolute Gasteiger partial charge is 0.382 e. The molecular weight excluding hydrogens is 202 g/mol. The number of nitrogen functional groups attached to an aromatic ring is 1. The minimum absolute atomic E-state index is 0.404. The van der Waals surface area contributed by atoms with E-state index in [4.69, 9.17) is 10.5 Å². The molecule has 1 heterocycles. The Hall–Kier alpha value is -1.16. The van der Waals surface area contributed by atoms with Crippen LogP contribution in [0.25, 0.3) is 0 Å². The molecule has 2 N–H and O–H groups in total. The maximum Gasteiger partial charge on any atom is 0.141 e. The van der Waals surface area contributed by atoms with Crippen LogP contribution in [0.2, 0.25) is 0 Å². The number of hydrogen-bond donors (Lipinski definition) is 1. The lowest BCUT2D eigenvalue weighted by molar-refractivity contribution is 0.0291. The first-order valence-electron chi connectivity index (χ1n) is 6.02. The van der Waals surface area contributed by atoms with E-state index < -0.39 is 0 Å². The summed E-state index contributed by atoms with van der Waals surface area (Å²) in [7, 11) is 0. The zero-order valence-electron chi connectivity index (χ0n) is 9.56. The van der Waals surface area contributed by atoms with Gasteiger partial charge in [0, 0.05) is 0 Å². The first-order valence-corrected chi connectivity index (χ1v) is 6.02. The highest BCUT2D eigenvalue weighted by Gasteiger charge is 2.12. The fourth-order valence-electron chi connectivity index (χ4n) is 2.05. The van der Waals surface area contributed by atoms with Gasteiger partial charge in [0.05, 0.1) is 30.8 Å². The molecule has 0 saturated heterocycles. The second kappa shape index (κ2) is 5.80. The fourth-order valence-corrected chi connectivity index (χ4v) is 2.05. The lowest BCUT2D eigenvalue weighted by Crippen LogP contribution is -2.12. The third-order valence-corrected chi connectivity index (χ3v) is 2.99. The SMILES string of the molecule is Nc1cnc(COC2CCCCCC2)cn1. The van der Waals surface area contributed by atoms with Crippen LogP contribution in [0.15, 0.2) is 12.4 Å². The predicted molar refractivity (Wildman–Crippen MR) is 62.7 cm³/mol. The van der Waals surface area contributed by atoms with Gasteiger partial charge in [-0.2, -0.15) is 0 Å². The van der Waals surface area contributed by atoms with Gasteiger partial charge in [0.25, 0.3) is 0 Å². The molecule has 88 valence electrons. The molecule has 1 saturated carbocycles. The van der Waals surface area contributed by atoms with Crippen LogP contribution in [0.4, 0.5) is 5.82 Å². The van der Waals surface area contributed by atoms with Gasteiger partial charge in [0.1, 0.15) is 5.82 Å². The summed E-state index contributed by atoms with van der Waals surface area (Å²) >= 11 is 0. The van der Waals surface area contributed by atoms with Crippen LogP contribution in [-0.2, 0) is 11.3 Å². The quantitative estimate of drug-likeness (QED) is 0.795. The average molecular weight is 221 g/mol. The number of anilines is 1. The summed E-state index contributed by atoms with van der Waals surface area (Å²) in [5, 5.41) is 0. The van der Waals surface area contributed by atoms with Crippen LogP contribution in [0.1, 0.15) is 44.2 Å². The Morgan fingerprint density at radius 1 is 1.12 bits per heavy atom. The van der Waals surface area contributed by atoms with E-state index in [1.807, 2.05) is 0 Å². The molecule has 0 spiro atoms. The lowest BCUT2D eigenvalue weighted by atomic mass is 10.1. The van der Waals surface area contributed by atoms with Gasteiger partial charge in [-0.15, -0.1) is 0 Å². The highest BCUT2D eigenvalue weighted by atomic mass is 16.5. The van der Waals surface area contributed by atoms with Crippen molar-refractivity contribution in [2.45, 2.75) is 51.2 Å². The molecule has 0 aliphatic heterocycles. The second-order valence-electron chi connectivity index (χ2n) is 4.36. The number of hydrogen-bond acceptors (Lipinski definition) is 4. The summed E-state index contributed by atoms with van der Waals surface area (Å²) in [6, 6.07) is 0. The third-order valence-electron chi connectivity index (χ3n) is 2.99. The van der Waals surface area contributed by atoms with E-state index in [-0.39, 0.29) is 0 Å². The van der Waals surface area contributed by atoms with Gasteiger partial charge in [0.15, 0.2) is 0 Å². The van der Waals surface area contributed by atoms with Crippen molar-refractivity contribution in [3.8, 4) is 0 Å². The van der Waals surface area contributed by atoms with Crippen molar-refractivity contribution in [2.24, 2.45) is 0 Å². The van der Waals surface area contributed by atoms with E-state index in [1.54, 1.807) is 12.4 Å². The minimum Gasteiger partial charge on any atom is -0.382 e. The molecule has 1 aromatic heterocycles. The van der Waals surface area contributed by atoms with E-state index in [1.165, 1.54) is 38.5 Å². The van der Waals surface area contributed by atoms with Crippen molar-refractivity contribution in [1.29, 1.82) is 0 Å². The van der Waals surface area contributed by atoms with E-state index in [0.717, 1.165) is 5.69 Å². The maximum atomic E-state index is 5.85. The van der Waals surface area contributed by atoms with Gasteiger partial charge in [0.2, 0.25) is 0 Å². The molecule has 0 radical (unpaired) electrons. The number of nitrogens with zero attached hydrogens (tertiary/aromatic N) is 2. The highest BCUT2D eigenvalue weighted by molar-refractivity contribution is 5.22. The maximum absolute atomic E-state index is 5.85. The van der Waals surface area contributed by atoms with E-state index >= 15 is 0 Å². The van der Waals surface area contributed by atoms with Gasteiger partial charge >= 0.3 is 0 Å². The summed E-state index contributed by atoms with van der Waals surface area (Å²) < 4.78 is 5.85. The highest BCUT2D eigenvalue weighted by Crippen LogP contribution is 2.20. The number of rotatable bonds is 3. The summed E-state index contributed by atoms with van der Waals surface area (Å²) in [4.78, 5) is 8.17. The van der Waals surface area contributed by atoms with Crippen LogP contribution in [0.5, 0.6) is 0 Å². The van der Waals surface area contributed by atoms with Crippen LogP contribution in [0, 0.1) is 0 Å². The van der Waals surface area contributed by atoms with Gasteiger partial charge < -0.3 is 10.5 Å². The molecule has 1 aromatic rings. The van der Waals surface area contributed by atoms with Gasteiger partial charge in [-0.25, -0.2) is 4.98 Å². The Morgan fingerprint density at radius 3 is 2.50 bits per heavy atom. The van der Waals surface area contributed by atoms with Crippen LogP contribution in [-0.4, -0.2) is 16.1 Å². The average Bonchev–Trinajstić information content (AvgIpc) is 2.57. The standard InChI is InChI=1S/C12H19N3O/c13-12-8-14-10(7-15-12)9-16-11-5-3-1-2-4-6-11/h7-8,11H,1-6,9H2,(H2,13,15). The molecule has 1 aliphatic carbocycles. The summed E-state index contributed by atoms with van der Waals surface area (Å²) in [6.45, 7) is 0.554.